The van der Waals surface area contributed by atoms with E-state index in [2.05, 4.69) is 13.8 Å². The maximum atomic E-state index is 12.8. The van der Waals surface area contributed by atoms with E-state index >= 15 is 0 Å². The van der Waals surface area contributed by atoms with Crippen LogP contribution in [0.1, 0.15) is 86.5 Å². The second kappa shape index (κ2) is 8.94. The minimum Gasteiger partial charge on any atom is -0.463 e. The van der Waals surface area contributed by atoms with Gasteiger partial charge >= 0.3 is 17.9 Å². The Hall–Kier alpha value is -1.92. The summed E-state index contributed by atoms with van der Waals surface area (Å²) in [4.78, 5) is 48.6. The van der Waals surface area contributed by atoms with Crippen LogP contribution in [0.2, 0.25) is 0 Å². The summed E-state index contributed by atoms with van der Waals surface area (Å²) in [7, 11) is 0. The molecule has 0 amide bonds. The van der Waals surface area contributed by atoms with Gasteiger partial charge < -0.3 is 14.2 Å². The van der Waals surface area contributed by atoms with Crippen LogP contribution >= 0.6 is 0 Å². The molecule has 4 aliphatic rings. The van der Waals surface area contributed by atoms with Crippen LogP contribution in [-0.2, 0) is 33.4 Å². The van der Waals surface area contributed by atoms with Gasteiger partial charge in [-0.25, -0.2) is 0 Å². The third-order valence-corrected chi connectivity index (χ3v) is 10.1. The van der Waals surface area contributed by atoms with E-state index in [-0.39, 0.29) is 65.0 Å². The van der Waals surface area contributed by atoms with Crippen molar-refractivity contribution in [3.05, 3.63) is 0 Å². The number of fused-ring (bicyclic) bond motifs is 5. The van der Waals surface area contributed by atoms with Crippen molar-refractivity contribution < 1.29 is 33.4 Å². The Bertz CT molecular complexity index is 867. The van der Waals surface area contributed by atoms with E-state index in [1.807, 2.05) is 0 Å². The number of rotatable bonds is 4. The summed E-state index contributed by atoms with van der Waals surface area (Å²) in [5.41, 5.74) is -0.536. The molecule has 0 saturated heterocycles. The monoisotopic (exact) mass is 476 g/mol. The highest BCUT2D eigenvalue weighted by atomic mass is 16.6. The summed E-state index contributed by atoms with van der Waals surface area (Å²) >= 11 is 0. The molecule has 0 aromatic heterocycles. The third-order valence-electron chi connectivity index (χ3n) is 10.1. The molecule has 0 spiro atoms. The van der Waals surface area contributed by atoms with E-state index < -0.39 is 11.5 Å². The molecule has 190 valence electrons. The Morgan fingerprint density at radius 3 is 2.00 bits per heavy atom. The minimum absolute atomic E-state index is 0.0222. The van der Waals surface area contributed by atoms with Crippen LogP contribution in [0.5, 0.6) is 0 Å². The molecule has 0 aliphatic heterocycles. The van der Waals surface area contributed by atoms with E-state index in [1.165, 1.54) is 20.8 Å². The van der Waals surface area contributed by atoms with E-state index in [9.17, 15) is 19.2 Å². The summed E-state index contributed by atoms with van der Waals surface area (Å²) in [6, 6.07) is 0. The lowest BCUT2D eigenvalue weighted by molar-refractivity contribution is -0.205. The highest BCUT2D eigenvalue weighted by molar-refractivity contribution is 5.80. The molecule has 0 heterocycles. The second-order valence-electron chi connectivity index (χ2n) is 11.8. The molecule has 7 nitrogen and oxygen atoms in total. The van der Waals surface area contributed by atoms with E-state index in [0.717, 1.165) is 38.5 Å². The van der Waals surface area contributed by atoms with Crippen LogP contribution in [0.4, 0.5) is 0 Å². The van der Waals surface area contributed by atoms with Crippen molar-refractivity contribution in [2.24, 2.45) is 40.4 Å². The zero-order valence-electron chi connectivity index (χ0n) is 21.4. The van der Waals surface area contributed by atoms with E-state index in [0.29, 0.717) is 12.3 Å². The van der Waals surface area contributed by atoms with E-state index in [1.54, 1.807) is 6.92 Å². The molecule has 10 atom stereocenters. The topological polar surface area (TPSA) is 96.0 Å². The van der Waals surface area contributed by atoms with Gasteiger partial charge in [-0.05, 0) is 75.0 Å². The van der Waals surface area contributed by atoms with Crippen molar-refractivity contribution in [3.8, 4) is 0 Å². The molecule has 34 heavy (non-hydrogen) atoms. The Morgan fingerprint density at radius 2 is 1.41 bits per heavy atom. The molecule has 7 heteroatoms. The lowest BCUT2D eigenvalue weighted by atomic mass is 9.43. The van der Waals surface area contributed by atoms with E-state index in [4.69, 9.17) is 14.2 Å². The van der Waals surface area contributed by atoms with Gasteiger partial charge in [-0.3, -0.25) is 19.2 Å². The number of esters is 3. The number of carbonyl (C=O) groups is 4. The maximum Gasteiger partial charge on any atom is 0.302 e. The summed E-state index contributed by atoms with van der Waals surface area (Å²) in [6.45, 7) is 10.4. The number of hydrogen-bond acceptors (Lipinski definition) is 7. The zero-order valence-corrected chi connectivity index (χ0v) is 21.4. The summed E-state index contributed by atoms with van der Waals surface area (Å²) in [6.07, 6.45) is 5.08. The van der Waals surface area contributed by atoms with Gasteiger partial charge in [0.25, 0.3) is 0 Å². The highest BCUT2D eigenvalue weighted by Gasteiger charge is 2.68. The van der Waals surface area contributed by atoms with Gasteiger partial charge in [0.15, 0.2) is 0 Å². The summed E-state index contributed by atoms with van der Waals surface area (Å²) < 4.78 is 17.4. The predicted octanol–water partition coefficient (Wildman–Crippen LogP) is 4.25. The first kappa shape index (κ1) is 25.2. The second-order valence-corrected chi connectivity index (χ2v) is 11.8. The average molecular weight is 477 g/mol. The predicted molar refractivity (Wildman–Crippen MR) is 123 cm³/mol. The lowest BCUT2D eigenvalue weighted by Crippen LogP contribution is -2.61. The van der Waals surface area contributed by atoms with Crippen LogP contribution in [0.25, 0.3) is 0 Å². The highest BCUT2D eigenvalue weighted by Crippen LogP contribution is 2.68. The van der Waals surface area contributed by atoms with Crippen molar-refractivity contribution in [2.45, 2.75) is 105 Å². The van der Waals surface area contributed by atoms with Crippen molar-refractivity contribution in [1.82, 2.24) is 0 Å². The van der Waals surface area contributed by atoms with Crippen LogP contribution in [0.15, 0.2) is 0 Å². The van der Waals surface area contributed by atoms with Gasteiger partial charge in [-0.2, -0.15) is 0 Å². The van der Waals surface area contributed by atoms with Gasteiger partial charge in [-0.15, -0.1) is 0 Å². The largest absolute Gasteiger partial charge is 0.463 e. The molecule has 0 aromatic carbocycles. The normalized spacial score (nSPS) is 45.2. The SMILES string of the molecule is CC(=O)O[C@@H]1CC[C@@]2(C)[C@@H](CC[C@H]3[C@@H]4[C@@H](OC(C)=O)C[C@H](C(C)=O)[C@@]4(C)[C@H](OC(C)=O)C[C@@H]32)C1. The standard InChI is InChI=1S/C27H40O7/c1-14(28)21-12-23(33-16(3)30)25-20-8-7-18-11-19(32-15(2)29)9-10-26(18,5)22(20)13-24(27(21,25)6)34-17(4)31/h18-25H,7-13H2,1-6H3/t18-,19+,20+,21+,22-,23-,24+,25+,26-,27-/m0/s1. The summed E-state index contributed by atoms with van der Waals surface area (Å²) in [5.74, 6) is -0.160. The maximum absolute atomic E-state index is 12.8. The molecule has 0 radical (unpaired) electrons. The quantitative estimate of drug-likeness (QED) is 0.442. The molecular formula is C27H40O7. The first-order valence-electron chi connectivity index (χ1n) is 12.9. The van der Waals surface area contributed by atoms with Crippen LogP contribution < -0.4 is 0 Å². The Morgan fingerprint density at radius 1 is 0.765 bits per heavy atom. The van der Waals surface area contributed by atoms with Gasteiger partial charge in [-0.1, -0.05) is 13.8 Å². The lowest BCUT2D eigenvalue weighted by Gasteiger charge is -2.62. The smallest absolute Gasteiger partial charge is 0.302 e. The third kappa shape index (κ3) is 4.07. The molecule has 0 aromatic rings. The van der Waals surface area contributed by atoms with Gasteiger partial charge in [0, 0.05) is 38.0 Å². The first-order valence-corrected chi connectivity index (χ1v) is 12.9. The van der Waals surface area contributed by atoms with Crippen LogP contribution in [-0.4, -0.2) is 42.0 Å². The minimum atomic E-state index is -0.559. The number of ketones is 1. The fraction of sp³-hybridized carbons (Fsp3) is 0.852. The number of ether oxygens (including phenoxy) is 3. The molecule has 0 bridgehead atoms. The van der Waals surface area contributed by atoms with Gasteiger partial charge in [0.1, 0.15) is 24.1 Å². The molecule has 4 rings (SSSR count). The zero-order chi connectivity index (χ0) is 25.0. The average Bonchev–Trinajstić information content (AvgIpc) is 3.01. The molecular weight excluding hydrogens is 436 g/mol. The van der Waals surface area contributed by atoms with Crippen LogP contribution in [0, 0.1) is 40.4 Å². The number of carbonyl (C=O) groups excluding carboxylic acids is 4. The number of hydrogen-bond donors (Lipinski definition) is 0. The molecule has 0 unspecified atom stereocenters. The first-order chi connectivity index (χ1) is 15.9. The van der Waals surface area contributed by atoms with Crippen LogP contribution in [0.3, 0.4) is 0 Å². The molecule has 4 saturated carbocycles. The Labute approximate surface area is 202 Å². The fourth-order valence-corrected chi connectivity index (χ4v) is 8.86. The Balaban J connectivity index is 1.72. The Kier molecular flexibility index (Phi) is 6.62. The molecule has 4 fully saturated rings. The fourth-order valence-electron chi connectivity index (χ4n) is 8.86. The summed E-state index contributed by atoms with van der Waals surface area (Å²) in [5, 5.41) is 0. The molecule has 4 aliphatic carbocycles. The van der Waals surface area contributed by atoms with Crippen molar-refractivity contribution >= 4 is 23.7 Å². The van der Waals surface area contributed by atoms with Crippen molar-refractivity contribution in [2.75, 3.05) is 0 Å². The molecule has 0 N–H and O–H groups in total. The van der Waals surface area contributed by atoms with Gasteiger partial charge in [0.05, 0.1) is 0 Å². The van der Waals surface area contributed by atoms with Gasteiger partial charge in [0.2, 0.25) is 0 Å². The van der Waals surface area contributed by atoms with Crippen molar-refractivity contribution in [3.63, 3.8) is 0 Å². The number of Topliss-reactive ketones (excluding diaryl/α,β-unsaturated/α-hetero) is 1. The van der Waals surface area contributed by atoms with Crippen molar-refractivity contribution in [1.29, 1.82) is 0 Å².